The molecule has 0 spiro atoms. The van der Waals surface area contributed by atoms with Crippen LogP contribution in [-0.4, -0.2) is 5.21 Å². The summed E-state index contributed by atoms with van der Waals surface area (Å²) in [6, 6.07) is 0. The largest absolute Gasteiger partial charge is 0.291 e. The Balaban J connectivity index is 0. The van der Waals surface area contributed by atoms with Crippen molar-refractivity contribution in [1.82, 2.24) is 5.48 Å². The maximum Gasteiger partial charge on any atom is 0.0373 e. The molecule has 0 aromatic carbocycles. The Morgan fingerprint density at radius 1 is 1.15 bits per heavy atom. The Kier molecular flexibility index (Phi) is 12.8. The summed E-state index contributed by atoms with van der Waals surface area (Å²) < 4.78 is 0. The first-order valence-corrected chi connectivity index (χ1v) is 5.01. The summed E-state index contributed by atoms with van der Waals surface area (Å²) in [5.41, 5.74) is 4.30. The van der Waals surface area contributed by atoms with Crippen molar-refractivity contribution >= 4 is 0 Å². The van der Waals surface area contributed by atoms with Crippen LogP contribution in [0.1, 0.15) is 47.5 Å². The highest BCUT2D eigenvalue weighted by molar-refractivity contribution is 5.14. The minimum absolute atomic E-state index is 0.823. The van der Waals surface area contributed by atoms with Crippen molar-refractivity contribution in [3.8, 4) is 0 Å². The summed E-state index contributed by atoms with van der Waals surface area (Å²) in [5, 5.41) is 8.56. The Morgan fingerprint density at radius 3 is 2.00 bits per heavy atom. The van der Waals surface area contributed by atoms with E-state index in [2.05, 4.69) is 19.3 Å². The Bertz CT molecular complexity index is 153. The van der Waals surface area contributed by atoms with E-state index in [9.17, 15) is 0 Å². The lowest BCUT2D eigenvalue weighted by molar-refractivity contribution is 0.197. The van der Waals surface area contributed by atoms with Gasteiger partial charge in [0.2, 0.25) is 0 Å². The van der Waals surface area contributed by atoms with Gasteiger partial charge in [0.05, 0.1) is 0 Å². The molecule has 2 nitrogen and oxygen atoms in total. The standard InChI is InChI=1S/C9H17NO.C2H6/c1-4-8(3)6-7-9(5-2)10-11;1-2/h6-7,10-11H,4-5H2,1-3H3;1-2H3/b8-6-,9-7+;. The molecule has 0 amide bonds. The van der Waals surface area contributed by atoms with E-state index in [1.165, 1.54) is 5.57 Å². The zero-order chi connectivity index (χ0) is 10.7. The van der Waals surface area contributed by atoms with Crippen LogP contribution in [0.4, 0.5) is 0 Å². The summed E-state index contributed by atoms with van der Waals surface area (Å²) in [5.74, 6) is 0. The van der Waals surface area contributed by atoms with Crippen molar-refractivity contribution in [3.63, 3.8) is 0 Å². The molecular weight excluding hydrogens is 162 g/mol. The van der Waals surface area contributed by atoms with Gasteiger partial charge >= 0.3 is 0 Å². The van der Waals surface area contributed by atoms with E-state index in [1.54, 1.807) is 0 Å². The van der Waals surface area contributed by atoms with Gasteiger partial charge in [0.15, 0.2) is 0 Å². The van der Waals surface area contributed by atoms with Crippen LogP contribution in [0.3, 0.4) is 0 Å². The Morgan fingerprint density at radius 2 is 1.69 bits per heavy atom. The molecule has 0 bridgehead atoms. The molecule has 0 aromatic heterocycles. The van der Waals surface area contributed by atoms with Crippen molar-refractivity contribution in [1.29, 1.82) is 0 Å². The van der Waals surface area contributed by atoms with Gasteiger partial charge in [-0.1, -0.05) is 39.3 Å². The van der Waals surface area contributed by atoms with E-state index < -0.39 is 0 Å². The van der Waals surface area contributed by atoms with Gasteiger partial charge < -0.3 is 0 Å². The minimum atomic E-state index is 0.823. The second kappa shape index (κ2) is 11.2. The van der Waals surface area contributed by atoms with Crippen LogP contribution in [0.25, 0.3) is 0 Å². The third-order valence-electron chi connectivity index (χ3n) is 1.65. The third kappa shape index (κ3) is 9.15. The SMILES string of the molecule is CC.CC/C(C)=C\C=C(/CC)NO. The summed E-state index contributed by atoms with van der Waals surface area (Å²) in [6.45, 7) is 10.2. The highest BCUT2D eigenvalue weighted by Crippen LogP contribution is 2.01. The molecule has 0 saturated heterocycles. The smallest absolute Gasteiger partial charge is 0.0373 e. The molecule has 0 fully saturated rings. The molecule has 0 unspecified atom stereocenters. The molecule has 2 N–H and O–H groups in total. The molecular formula is C11H23NO. The van der Waals surface area contributed by atoms with E-state index >= 15 is 0 Å². The highest BCUT2D eigenvalue weighted by Gasteiger charge is 1.86. The van der Waals surface area contributed by atoms with Crippen LogP contribution in [0.15, 0.2) is 23.4 Å². The number of allylic oxidation sites excluding steroid dienone is 4. The first kappa shape index (κ1) is 14.7. The second-order valence-corrected chi connectivity index (χ2v) is 2.52. The summed E-state index contributed by atoms with van der Waals surface area (Å²) in [6.07, 6.45) is 5.80. The fourth-order valence-electron chi connectivity index (χ4n) is 0.595. The molecule has 0 aromatic rings. The van der Waals surface area contributed by atoms with Gasteiger partial charge in [-0.05, 0) is 25.8 Å². The first-order valence-electron chi connectivity index (χ1n) is 5.01. The fraction of sp³-hybridized carbons (Fsp3) is 0.636. The van der Waals surface area contributed by atoms with E-state index in [0.29, 0.717) is 0 Å². The predicted molar refractivity (Wildman–Crippen MR) is 58.7 cm³/mol. The van der Waals surface area contributed by atoms with E-state index in [4.69, 9.17) is 5.21 Å². The average Bonchev–Trinajstić information content (AvgIpc) is 2.22. The average molecular weight is 185 g/mol. The van der Waals surface area contributed by atoms with Gasteiger partial charge in [-0.3, -0.25) is 10.7 Å². The lowest BCUT2D eigenvalue weighted by Crippen LogP contribution is -2.04. The third-order valence-corrected chi connectivity index (χ3v) is 1.65. The normalized spacial score (nSPS) is 11.8. The predicted octanol–water partition coefficient (Wildman–Crippen LogP) is 3.64. The van der Waals surface area contributed by atoms with Crippen LogP contribution < -0.4 is 5.48 Å². The summed E-state index contributed by atoms with van der Waals surface area (Å²) in [4.78, 5) is 0. The van der Waals surface area contributed by atoms with Gasteiger partial charge in [0, 0.05) is 5.70 Å². The quantitative estimate of drug-likeness (QED) is 0.517. The molecule has 0 aliphatic carbocycles. The van der Waals surface area contributed by atoms with Crippen LogP contribution in [0, 0.1) is 0 Å². The van der Waals surface area contributed by atoms with Crippen LogP contribution in [0.2, 0.25) is 0 Å². The van der Waals surface area contributed by atoms with Crippen molar-refractivity contribution in [2.24, 2.45) is 0 Å². The van der Waals surface area contributed by atoms with Crippen LogP contribution in [-0.2, 0) is 0 Å². The van der Waals surface area contributed by atoms with Gasteiger partial charge in [0.25, 0.3) is 0 Å². The first-order chi connectivity index (χ1) is 6.24. The molecule has 0 rings (SSSR count). The monoisotopic (exact) mass is 185 g/mol. The number of hydroxylamine groups is 1. The lowest BCUT2D eigenvalue weighted by atomic mass is 10.2. The molecule has 0 radical (unpaired) electrons. The summed E-state index contributed by atoms with van der Waals surface area (Å²) >= 11 is 0. The Labute approximate surface area is 82.3 Å². The van der Waals surface area contributed by atoms with Crippen LogP contribution >= 0.6 is 0 Å². The molecule has 0 aliphatic heterocycles. The van der Waals surface area contributed by atoms with Crippen molar-refractivity contribution in [2.45, 2.75) is 47.5 Å². The number of hydrogen-bond acceptors (Lipinski definition) is 2. The van der Waals surface area contributed by atoms with Crippen molar-refractivity contribution in [3.05, 3.63) is 23.4 Å². The molecule has 0 atom stereocenters. The van der Waals surface area contributed by atoms with E-state index in [-0.39, 0.29) is 0 Å². The zero-order valence-corrected chi connectivity index (χ0v) is 9.52. The van der Waals surface area contributed by atoms with Gasteiger partial charge in [-0.2, -0.15) is 0 Å². The maximum absolute atomic E-state index is 8.56. The van der Waals surface area contributed by atoms with Crippen LogP contribution in [0.5, 0.6) is 0 Å². The maximum atomic E-state index is 8.56. The van der Waals surface area contributed by atoms with Gasteiger partial charge in [-0.15, -0.1) is 0 Å². The molecule has 0 heterocycles. The summed E-state index contributed by atoms with van der Waals surface area (Å²) in [7, 11) is 0. The minimum Gasteiger partial charge on any atom is -0.291 e. The van der Waals surface area contributed by atoms with Gasteiger partial charge in [-0.25, -0.2) is 0 Å². The van der Waals surface area contributed by atoms with Crippen molar-refractivity contribution in [2.75, 3.05) is 0 Å². The molecule has 2 heteroatoms. The molecule has 78 valence electrons. The lowest BCUT2D eigenvalue weighted by Gasteiger charge is -1.99. The van der Waals surface area contributed by atoms with Crippen molar-refractivity contribution < 1.29 is 5.21 Å². The Hall–Kier alpha value is -0.760. The fourth-order valence-corrected chi connectivity index (χ4v) is 0.595. The van der Waals surface area contributed by atoms with E-state index in [0.717, 1.165) is 18.5 Å². The molecule has 13 heavy (non-hydrogen) atoms. The molecule has 0 saturated carbocycles. The topological polar surface area (TPSA) is 32.3 Å². The van der Waals surface area contributed by atoms with Gasteiger partial charge in [0.1, 0.15) is 0 Å². The number of hydrogen-bond donors (Lipinski definition) is 2. The zero-order valence-electron chi connectivity index (χ0n) is 9.52. The second-order valence-electron chi connectivity index (χ2n) is 2.52. The number of rotatable bonds is 4. The highest BCUT2D eigenvalue weighted by atomic mass is 16.5. The number of nitrogens with one attached hydrogen (secondary N) is 1. The molecule has 0 aliphatic rings. The van der Waals surface area contributed by atoms with E-state index in [1.807, 2.05) is 32.9 Å².